The predicted octanol–water partition coefficient (Wildman–Crippen LogP) is 3.39. The summed E-state index contributed by atoms with van der Waals surface area (Å²) in [5, 5.41) is 0. The molecule has 0 heterocycles. The molecule has 0 saturated carbocycles. The molecule has 0 heteroatoms. The molecule has 10 heavy (non-hydrogen) atoms. The Morgan fingerprint density at radius 1 is 1.50 bits per heavy atom. The summed E-state index contributed by atoms with van der Waals surface area (Å²) < 4.78 is 0. The van der Waals surface area contributed by atoms with Crippen molar-refractivity contribution in [1.82, 2.24) is 0 Å². The lowest BCUT2D eigenvalue weighted by molar-refractivity contribution is 0.322. The van der Waals surface area contributed by atoms with E-state index < -0.39 is 0 Å². The van der Waals surface area contributed by atoms with E-state index in [-0.39, 0.29) is 0 Å². The molecule has 0 aliphatic heterocycles. The van der Waals surface area contributed by atoms with Crippen LogP contribution in [0.4, 0.5) is 0 Å². The lowest BCUT2D eigenvalue weighted by atomic mass is 9.75. The SMILES string of the molecule is CC1=CC(C)(C)CC(C)C1. The van der Waals surface area contributed by atoms with Crippen molar-refractivity contribution in [3.05, 3.63) is 11.6 Å². The Bertz CT molecular complexity index is 151. The van der Waals surface area contributed by atoms with E-state index in [1.165, 1.54) is 12.8 Å². The van der Waals surface area contributed by atoms with E-state index in [0.717, 1.165) is 5.92 Å². The van der Waals surface area contributed by atoms with Crippen molar-refractivity contribution in [2.24, 2.45) is 11.3 Å². The summed E-state index contributed by atoms with van der Waals surface area (Å²) in [5.74, 6) is 0.889. The molecule has 0 saturated heterocycles. The van der Waals surface area contributed by atoms with Crippen LogP contribution in [0.2, 0.25) is 0 Å². The van der Waals surface area contributed by atoms with Crippen molar-refractivity contribution in [2.75, 3.05) is 0 Å². The molecule has 0 amide bonds. The van der Waals surface area contributed by atoms with E-state index in [1.807, 2.05) is 0 Å². The van der Waals surface area contributed by atoms with E-state index in [2.05, 4.69) is 33.8 Å². The van der Waals surface area contributed by atoms with Crippen molar-refractivity contribution in [3.63, 3.8) is 0 Å². The van der Waals surface area contributed by atoms with Crippen molar-refractivity contribution in [2.45, 2.75) is 40.5 Å². The highest BCUT2D eigenvalue weighted by Crippen LogP contribution is 2.36. The van der Waals surface area contributed by atoms with Crippen molar-refractivity contribution < 1.29 is 0 Å². The average molecular weight is 138 g/mol. The summed E-state index contributed by atoms with van der Waals surface area (Å²) >= 11 is 0. The zero-order valence-corrected chi connectivity index (χ0v) is 7.57. The van der Waals surface area contributed by atoms with Crippen molar-refractivity contribution in [3.8, 4) is 0 Å². The van der Waals surface area contributed by atoms with E-state index >= 15 is 0 Å². The molecule has 0 aromatic heterocycles. The maximum Gasteiger partial charge on any atom is -0.0170 e. The highest BCUT2D eigenvalue weighted by atomic mass is 14.3. The molecule has 0 N–H and O–H groups in total. The molecule has 0 spiro atoms. The molecule has 1 unspecified atom stereocenters. The number of hydrogen-bond acceptors (Lipinski definition) is 0. The van der Waals surface area contributed by atoms with Gasteiger partial charge in [0, 0.05) is 0 Å². The quantitative estimate of drug-likeness (QED) is 0.450. The van der Waals surface area contributed by atoms with Gasteiger partial charge in [-0.05, 0) is 31.1 Å². The van der Waals surface area contributed by atoms with Crippen molar-refractivity contribution >= 4 is 0 Å². The van der Waals surface area contributed by atoms with Gasteiger partial charge in [0.05, 0.1) is 0 Å². The minimum Gasteiger partial charge on any atom is -0.0799 e. The highest BCUT2D eigenvalue weighted by molar-refractivity contribution is 5.10. The smallest absolute Gasteiger partial charge is 0.0170 e. The Kier molecular flexibility index (Phi) is 1.89. The van der Waals surface area contributed by atoms with Crippen LogP contribution < -0.4 is 0 Å². The van der Waals surface area contributed by atoms with Crippen LogP contribution in [-0.4, -0.2) is 0 Å². The molecule has 1 atom stereocenters. The molecule has 0 aromatic carbocycles. The second-order valence-corrected chi connectivity index (χ2v) is 4.49. The van der Waals surface area contributed by atoms with Crippen LogP contribution in [0.3, 0.4) is 0 Å². The summed E-state index contributed by atoms with van der Waals surface area (Å²) in [5.41, 5.74) is 2.03. The maximum absolute atomic E-state index is 2.42. The predicted molar refractivity (Wildman–Crippen MR) is 45.9 cm³/mol. The third-order valence-corrected chi connectivity index (χ3v) is 2.18. The molecule has 1 aliphatic carbocycles. The fraction of sp³-hybridized carbons (Fsp3) is 0.800. The van der Waals surface area contributed by atoms with Gasteiger partial charge in [-0.3, -0.25) is 0 Å². The largest absolute Gasteiger partial charge is 0.0799 e. The zero-order chi connectivity index (χ0) is 7.78. The van der Waals surface area contributed by atoms with Gasteiger partial charge in [0.15, 0.2) is 0 Å². The first-order valence-electron chi connectivity index (χ1n) is 4.18. The van der Waals surface area contributed by atoms with Crippen LogP contribution in [0, 0.1) is 11.3 Å². The van der Waals surface area contributed by atoms with Gasteiger partial charge in [0.2, 0.25) is 0 Å². The number of allylic oxidation sites excluding steroid dienone is 2. The first-order valence-corrected chi connectivity index (χ1v) is 4.18. The average Bonchev–Trinajstić information content (AvgIpc) is 1.54. The highest BCUT2D eigenvalue weighted by Gasteiger charge is 2.23. The van der Waals surface area contributed by atoms with Gasteiger partial charge in [-0.15, -0.1) is 0 Å². The first kappa shape index (κ1) is 7.84. The Morgan fingerprint density at radius 2 is 2.10 bits per heavy atom. The molecular weight excluding hydrogens is 120 g/mol. The van der Waals surface area contributed by atoms with Gasteiger partial charge < -0.3 is 0 Å². The molecule has 1 aliphatic rings. The standard InChI is InChI=1S/C10H18/c1-8-5-9(2)7-10(3,4)6-8/h6,9H,5,7H2,1-4H3. The van der Waals surface area contributed by atoms with Crippen LogP contribution in [0.5, 0.6) is 0 Å². The van der Waals surface area contributed by atoms with Gasteiger partial charge in [-0.25, -0.2) is 0 Å². The summed E-state index contributed by atoms with van der Waals surface area (Å²) in [6.07, 6.45) is 5.08. The molecule has 0 aromatic rings. The van der Waals surface area contributed by atoms with Gasteiger partial charge in [-0.2, -0.15) is 0 Å². The summed E-state index contributed by atoms with van der Waals surface area (Å²) in [7, 11) is 0. The maximum atomic E-state index is 2.42. The minimum absolute atomic E-state index is 0.460. The van der Waals surface area contributed by atoms with Crippen LogP contribution in [-0.2, 0) is 0 Å². The first-order chi connectivity index (χ1) is 4.49. The number of hydrogen-bond donors (Lipinski definition) is 0. The van der Waals surface area contributed by atoms with Crippen LogP contribution >= 0.6 is 0 Å². The summed E-state index contributed by atoms with van der Waals surface area (Å²) in [4.78, 5) is 0. The van der Waals surface area contributed by atoms with Crippen LogP contribution in [0.15, 0.2) is 11.6 Å². The third-order valence-electron chi connectivity index (χ3n) is 2.18. The van der Waals surface area contributed by atoms with Crippen molar-refractivity contribution in [1.29, 1.82) is 0 Å². The van der Waals surface area contributed by atoms with Gasteiger partial charge >= 0.3 is 0 Å². The van der Waals surface area contributed by atoms with E-state index in [0.29, 0.717) is 5.41 Å². The van der Waals surface area contributed by atoms with Gasteiger partial charge in [0.1, 0.15) is 0 Å². The number of rotatable bonds is 0. The molecule has 0 fully saturated rings. The Hall–Kier alpha value is -0.260. The summed E-state index contributed by atoms with van der Waals surface area (Å²) in [6.45, 7) is 9.24. The monoisotopic (exact) mass is 138 g/mol. The molecule has 58 valence electrons. The van der Waals surface area contributed by atoms with Gasteiger partial charge in [-0.1, -0.05) is 32.4 Å². The van der Waals surface area contributed by atoms with Gasteiger partial charge in [0.25, 0.3) is 0 Å². The molecule has 0 bridgehead atoms. The minimum atomic E-state index is 0.460. The zero-order valence-electron chi connectivity index (χ0n) is 7.57. The van der Waals surface area contributed by atoms with E-state index in [4.69, 9.17) is 0 Å². The van der Waals surface area contributed by atoms with E-state index in [1.54, 1.807) is 5.57 Å². The Labute approximate surface area is 64.3 Å². The van der Waals surface area contributed by atoms with Crippen LogP contribution in [0.25, 0.3) is 0 Å². The fourth-order valence-corrected chi connectivity index (χ4v) is 2.30. The molecule has 0 nitrogen and oxygen atoms in total. The molecular formula is C10H18. The topological polar surface area (TPSA) is 0 Å². The Balaban J connectivity index is 2.74. The Morgan fingerprint density at radius 3 is 2.50 bits per heavy atom. The van der Waals surface area contributed by atoms with Crippen LogP contribution in [0.1, 0.15) is 40.5 Å². The second kappa shape index (κ2) is 2.41. The molecule has 1 rings (SSSR count). The fourth-order valence-electron chi connectivity index (χ4n) is 2.30. The van der Waals surface area contributed by atoms with E-state index in [9.17, 15) is 0 Å². The summed E-state index contributed by atoms with van der Waals surface area (Å²) in [6, 6.07) is 0. The normalized spacial score (nSPS) is 31.6. The lowest BCUT2D eigenvalue weighted by Crippen LogP contribution is -2.18. The second-order valence-electron chi connectivity index (χ2n) is 4.49. The lowest BCUT2D eigenvalue weighted by Gasteiger charge is -2.30. The third kappa shape index (κ3) is 1.86. The molecule has 0 radical (unpaired) electrons.